The van der Waals surface area contributed by atoms with Crippen LogP contribution < -0.4 is 4.74 Å². The molecule has 0 radical (unpaired) electrons. The molecule has 1 N–H and O–H groups in total. The van der Waals surface area contributed by atoms with E-state index >= 15 is 0 Å². The molecule has 3 rings (SSSR count). The standard InChI is InChI=1S/C15H14O2/c16-13-10-15(11-6-2-1-3-7-11)17-14-9-5-4-8-12(13)14/h1-9,13,15-16H,10H2/t13-,15+/m0/s1. The molecule has 2 atom stereocenters. The summed E-state index contributed by atoms with van der Waals surface area (Å²) in [6, 6.07) is 17.7. The van der Waals surface area contributed by atoms with Crippen LogP contribution >= 0.6 is 0 Å². The van der Waals surface area contributed by atoms with Crippen LogP contribution in [-0.4, -0.2) is 5.11 Å². The summed E-state index contributed by atoms with van der Waals surface area (Å²) in [5, 5.41) is 10.1. The molecule has 0 saturated carbocycles. The average Bonchev–Trinajstić information content (AvgIpc) is 2.40. The maximum Gasteiger partial charge on any atom is 0.127 e. The van der Waals surface area contributed by atoms with E-state index in [9.17, 15) is 5.11 Å². The number of para-hydroxylation sites is 1. The highest BCUT2D eigenvalue weighted by atomic mass is 16.5. The quantitative estimate of drug-likeness (QED) is 0.808. The lowest BCUT2D eigenvalue weighted by Crippen LogP contribution is -2.18. The molecule has 2 aromatic carbocycles. The second-order valence-corrected chi connectivity index (χ2v) is 4.31. The minimum absolute atomic E-state index is 0.0545. The van der Waals surface area contributed by atoms with Gasteiger partial charge in [-0.05, 0) is 11.6 Å². The zero-order valence-electron chi connectivity index (χ0n) is 9.41. The van der Waals surface area contributed by atoms with Crippen molar-refractivity contribution in [3.05, 3.63) is 65.7 Å². The zero-order valence-corrected chi connectivity index (χ0v) is 9.41. The fourth-order valence-electron chi connectivity index (χ4n) is 2.27. The van der Waals surface area contributed by atoms with Crippen LogP contribution in [0.3, 0.4) is 0 Å². The molecule has 1 heterocycles. The first-order valence-electron chi connectivity index (χ1n) is 5.83. The summed E-state index contributed by atoms with van der Waals surface area (Å²) in [4.78, 5) is 0. The molecule has 0 amide bonds. The molecule has 0 bridgehead atoms. The third-order valence-corrected chi connectivity index (χ3v) is 3.16. The van der Waals surface area contributed by atoms with Crippen LogP contribution in [0, 0.1) is 0 Å². The number of ether oxygens (including phenoxy) is 1. The molecule has 86 valence electrons. The third-order valence-electron chi connectivity index (χ3n) is 3.16. The average molecular weight is 226 g/mol. The number of hydrogen-bond acceptors (Lipinski definition) is 2. The molecule has 2 nitrogen and oxygen atoms in total. The van der Waals surface area contributed by atoms with E-state index in [0.29, 0.717) is 6.42 Å². The van der Waals surface area contributed by atoms with Gasteiger partial charge in [0.2, 0.25) is 0 Å². The SMILES string of the molecule is O[C@H]1C[C@H](c2ccccc2)Oc2ccccc21. The van der Waals surface area contributed by atoms with Crippen molar-refractivity contribution < 1.29 is 9.84 Å². The molecule has 1 aliphatic rings. The summed E-state index contributed by atoms with van der Waals surface area (Å²) in [5.74, 6) is 0.792. The number of aliphatic hydroxyl groups is 1. The van der Waals surface area contributed by atoms with Gasteiger partial charge in [-0.1, -0.05) is 48.5 Å². The van der Waals surface area contributed by atoms with E-state index < -0.39 is 6.10 Å². The number of hydrogen-bond donors (Lipinski definition) is 1. The molecule has 0 spiro atoms. The Labute approximate surface area is 100 Å². The van der Waals surface area contributed by atoms with Crippen molar-refractivity contribution in [1.82, 2.24) is 0 Å². The van der Waals surface area contributed by atoms with Crippen LogP contribution in [0.15, 0.2) is 54.6 Å². The Kier molecular flexibility index (Phi) is 2.57. The van der Waals surface area contributed by atoms with Crippen molar-refractivity contribution in [3.63, 3.8) is 0 Å². The van der Waals surface area contributed by atoms with Gasteiger partial charge in [0.15, 0.2) is 0 Å². The van der Waals surface area contributed by atoms with Crippen LogP contribution in [-0.2, 0) is 0 Å². The normalized spacial score (nSPS) is 22.6. The molecule has 0 fully saturated rings. The molecular weight excluding hydrogens is 212 g/mol. The molecule has 0 aliphatic carbocycles. The highest BCUT2D eigenvalue weighted by Gasteiger charge is 2.27. The maximum absolute atomic E-state index is 10.1. The number of aliphatic hydroxyl groups excluding tert-OH is 1. The lowest BCUT2D eigenvalue weighted by atomic mass is 9.95. The first-order chi connectivity index (χ1) is 8.34. The molecule has 1 aliphatic heterocycles. The molecule has 0 unspecified atom stereocenters. The van der Waals surface area contributed by atoms with E-state index in [4.69, 9.17) is 4.74 Å². The monoisotopic (exact) mass is 226 g/mol. The highest BCUT2D eigenvalue weighted by molar-refractivity contribution is 5.38. The van der Waals surface area contributed by atoms with Crippen molar-refractivity contribution in [3.8, 4) is 5.75 Å². The van der Waals surface area contributed by atoms with Crippen molar-refractivity contribution in [2.45, 2.75) is 18.6 Å². The predicted molar refractivity (Wildman–Crippen MR) is 65.8 cm³/mol. The van der Waals surface area contributed by atoms with E-state index in [2.05, 4.69) is 0 Å². The summed E-state index contributed by atoms with van der Waals surface area (Å²) < 4.78 is 5.93. The molecular formula is C15H14O2. The number of benzene rings is 2. The second-order valence-electron chi connectivity index (χ2n) is 4.31. The van der Waals surface area contributed by atoms with Crippen molar-refractivity contribution in [2.24, 2.45) is 0 Å². The Hall–Kier alpha value is -1.80. The van der Waals surface area contributed by atoms with E-state index in [1.165, 1.54) is 0 Å². The van der Waals surface area contributed by atoms with E-state index in [-0.39, 0.29) is 6.10 Å². The largest absolute Gasteiger partial charge is 0.485 e. The maximum atomic E-state index is 10.1. The minimum atomic E-state index is -0.440. The molecule has 0 aromatic heterocycles. The van der Waals surface area contributed by atoms with Gasteiger partial charge in [0, 0.05) is 12.0 Å². The van der Waals surface area contributed by atoms with Crippen molar-refractivity contribution in [2.75, 3.05) is 0 Å². The first-order valence-corrected chi connectivity index (χ1v) is 5.83. The lowest BCUT2D eigenvalue weighted by Gasteiger charge is -2.29. The zero-order chi connectivity index (χ0) is 11.7. The molecule has 0 saturated heterocycles. The van der Waals surface area contributed by atoms with Gasteiger partial charge < -0.3 is 9.84 Å². The topological polar surface area (TPSA) is 29.5 Å². The van der Waals surface area contributed by atoms with Crippen molar-refractivity contribution >= 4 is 0 Å². The van der Waals surface area contributed by atoms with E-state index in [1.807, 2.05) is 54.6 Å². The Morgan fingerprint density at radius 3 is 2.47 bits per heavy atom. The summed E-state index contributed by atoms with van der Waals surface area (Å²) in [5.41, 5.74) is 2.00. The van der Waals surface area contributed by atoms with Crippen LogP contribution in [0.25, 0.3) is 0 Å². The summed E-state index contributed by atoms with van der Waals surface area (Å²) >= 11 is 0. The van der Waals surface area contributed by atoms with Crippen LogP contribution in [0.4, 0.5) is 0 Å². The summed E-state index contributed by atoms with van der Waals surface area (Å²) in [6.45, 7) is 0. The Morgan fingerprint density at radius 1 is 0.941 bits per heavy atom. The predicted octanol–water partition coefficient (Wildman–Crippen LogP) is 3.24. The van der Waals surface area contributed by atoms with E-state index in [0.717, 1.165) is 16.9 Å². The lowest BCUT2D eigenvalue weighted by molar-refractivity contribution is 0.0657. The number of rotatable bonds is 1. The fourth-order valence-corrected chi connectivity index (χ4v) is 2.27. The van der Waals surface area contributed by atoms with Gasteiger partial charge in [0.1, 0.15) is 11.9 Å². The fraction of sp³-hybridized carbons (Fsp3) is 0.200. The van der Waals surface area contributed by atoms with Crippen LogP contribution in [0.5, 0.6) is 5.75 Å². The smallest absolute Gasteiger partial charge is 0.127 e. The molecule has 17 heavy (non-hydrogen) atoms. The van der Waals surface area contributed by atoms with Crippen LogP contribution in [0.2, 0.25) is 0 Å². The Balaban J connectivity index is 1.94. The van der Waals surface area contributed by atoms with E-state index in [1.54, 1.807) is 0 Å². The Morgan fingerprint density at radius 2 is 1.65 bits per heavy atom. The van der Waals surface area contributed by atoms with Gasteiger partial charge >= 0.3 is 0 Å². The highest BCUT2D eigenvalue weighted by Crippen LogP contribution is 2.40. The minimum Gasteiger partial charge on any atom is -0.485 e. The second kappa shape index (κ2) is 4.22. The van der Waals surface area contributed by atoms with Gasteiger partial charge in [0.05, 0.1) is 6.10 Å². The van der Waals surface area contributed by atoms with Gasteiger partial charge in [-0.3, -0.25) is 0 Å². The summed E-state index contributed by atoms with van der Waals surface area (Å²) in [7, 11) is 0. The molecule has 2 aromatic rings. The van der Waals surface area contributed by atoms with Gasteiger partial charge in [0.25, 0.3) is 0 Å². The third kappa shape index (κ3) is 1.92. The Bertz CT molecular complexity index is 507. The van der Waals surface area contributed by atoms with Crippen molar-refractivity contribution in [1.29, 1.82) is 0 Å². The van der Waals surface area contributed by atoms with Gasteiger partial charge in [-0.15, -0.1) is 0 Å². The summed E-state index contributed by atoms with van der Waals surface area (Å²) in [6.07, 6.45) is 0.118. The first kappa shape index (κ1) is 10.4. The van der Waals surface area contributed by atoms with Gasteiger partial charge in [-0.2, -0.15) is 0 Å². The molecule has 2 heteroatoms. The van der Waals surface area contributed by atoms with Crippen LogP contribution in [0.1, 0.15) is 29.8 Å². The number of fused-ring (bicyclic) bond motifs is 1. The van der Waals surface area contributed by atoms with Gasteiger partial charge in [-0.25, -0.2) is 0 Å².